The summed E-state index contributed by atoms with van der Waals surface area (Å²) < 4.78 is 19.3. The van der Waals surface area contributed by atoms with Crippen molar-refractivity contribution in [3.63, 3.8) is 0 Å². The summed E-state index contributed by atoms with van der Waals surface area (Å²) in [5, 5.41) is 11.7. The summed E-state index contributed by atoms with van der Waals surface area (Å²) >= 11 is 5.94. The van der Waals surface area contributed by atoms with Crippen LogP contribution in [-0.4, -0.2) is 58.3 Å². The fourth-order valence-electron chi connectivity index (χ4n) is 5.14. The van der Waals surface area contributed by atoms with Crippen molar-refractivity contribution in [3.05, 3.63) is 105 Å². The molecule has 11 heteroatoms. The summed E-state index contributed by atoms with van der Waals surface area (Å²) in [5.74, 6) is 1.38. The molecular weight excluding hydrogens is 558 g/mol. The number of hydrogen-bond acceptors (Lipinski definition) is 8. The number of ether oxygens (including phenoxy) is 3. The number of rotatable bonds is 10. The smallest absolute Gasteiger partial charge is 0.414 e. The van der Waals surface area contributed by atoms with Crippen molar-refractivity contribution in [3.8, 4) is 17.5 Å². The fourth-order valence-corrected chi connectivity index (χ4v) is 5.27. The van der Waals surface area contributed by atoms with E-state index < -0.39 is 4.92 Å². The first kappa shape index (κ1) is 27.9. The highest BCUT2D eigenvalue weighted by Gasteiger charge is 2.28. The molecule has 3 heterocycles. The molecule has 0 spiro atoms. The Hall–Kier alpha value is -4.28. The maximum absolute atomic E-state index is 11.0. The second kappa shape index (κ2) is 12.7. The van der Waals surface area contributed by atoms with Gasteiger partial charge in [0.05, 0.1) is 0 Å². The molecular formula is C31H32ClN5O5. The lowest BCUT2D eigenvalue weighted by Gasteiger charge is -2.36. The number of aryl methyl sites for hydroxylation is 1. The first-order valence-corrected chi connectivity index (χ1v) is 14.4. The van der Waals surface area contributed by atoms with Crippen molar-refractivity contribution in [1.82, 2.24) is 14.5 Å². The van der Waals surface area contributed by atoms with E-state index in [1.807, 2.05) is 36.4 Å². The molecule has 1 saturated heterocycles. The van der Waals surface area contributed by atoms with Gasteiger partial charge < -0.3 is 29.2 Å². The number of aromatic nitrogens is 2. The second-order valence-corrected chi connectivity index (χ2v) is 10.9. The van der Waals surface area contributed by atoms with Crippen LogP contribution in [0.25, 0.3) is 0 Å². The van der Waals surface area contributed by atoms with E-state index in [0.717, 1.165) is 49.8 Å². The summed E-state index contributed by atoms with van der Waals surface area (Å²) in [4.78, 5) is 19.3. The monoisotopic (exact) mass is 589 g/mol. The molecule has 0 radical (unpaired) electrons. The van der Waals surface area contributed by atoms with E-state index in [4.69, 9.17) is 25.8 Å². The molecule has 0 saturated carbocycles. The Balaban J connectivity index is 0.923. The van der Waals surface area contributed by atoms with E-state index in [-0.39, 0.29) is 17.9 Å². The van der Waals surface area contributed by atoms with E-state index in [0.29, 0.717) is 31.2 Å². The van der Waals surface area contributed by atoms with E-state index >= 15 is 0 Å². The van der Waals surface area contributed by atoms with Gasteiger partial charge in [-0.1, -0.05) is 35.9 Å². The first-order chi connectivity index (χ1) is 20.5. The van der Waals surface area contributed by atoms with Gasteiger partial charge in [-0.3, -0.25) is 9.47 Å². The number of nitro groups is 1. The molecule has 0 aliphatic carbocycles. The van der Waals surface area contributed by atoms with Crippen LogP contribution in [0.2, 0.25) is 5.02 Å². The van der Waals surface area contributed by atoms with E-state index in [9.17, 15) is 10.1 Å². The van der Waals surface area contributed by atoms with Gasteiger partial charge in [-0.05, 0) is 64.6 Å². The standard InChI is InChI=1S/C31H32ClN5O5/c32-25-5-9-27(10-6-25)40-21-24-3-1-23(2-4-24)19-34-15-17-35(18-16-34)26-7-11-28(12-8-26)41-22-29-13-14-36-20-30(37(38)39)33-31(36)42-29/h1-12,20,29H,13-19,21-22H2. The molecule has 2 aliphatic heterocycles. The van der Waals surface area contributed by atoms with Crippen LogP contribution < -0.4 is 19.1 Å². The second-order valence-electron chi connectivity index (χ2n) is 10.5. The quantitative estimate of drug-likeness (QED) is 0.175. The van der Waals surface area contributed by atoms with Gasteiger partial charge in [0.15, 0.2) is 0 Å². The van der Waals surface area contributed by atoms with Crippen molar-refractivity contribution in [1.29, 1.82) is 0 Å². The Kier molecular flexibility index (Phi) is 8.43. The van der Waals surface area contributed by atoms with Gasteiger partial charge in [-0.15, -0.1) is 0 Å². The number of benzene rings is 3. The van der Waals surface area contributed by atoms with E-state index in [1.54, 1.807) is 4.57 Å². The summed E-state index contributed by atoms with van der Waals surface area (Å²) in [7, 11) is 0. The third-order valence-corrected chi connectivity index (χ3v) is 7.79. The summed E-state index contributed by atoms with van der Waals surface area (Å²) in [6.45, 7) is 6.33. The molecule has 4 aromatic rings. The molecule has 0 bridgehead atoms. The van der Waals surface area contributed by atoms with Crippen LogP contribution in [0.3, 0.4) is 0 Å². The third-order valence-electron chi connectivity index (χ3n) is 7.54. The summed E-state index contributed by atoms with van der Waals surface area (Å²) in [5.41, 5.74) is 3.61. The zero-order chi connectivity index (χ0) is 28.9. The predicted molar refractivity (Wildman–Crippen MR) is 160 cm³/mol. The molecule has 0 N–H and O–H groups in total. The molecule has 6 rings (SSSR count). The van der Waals surface area contributed by atoms with Crippen LogP contribution in [0.5, 0.6) is 17.5 Å². The molecule has 1 fully saturated rings. The molecule has 10 nitrogen and oxygen atoms in total. The third kappa shape index (κ3) is 6.95. The molecule has 1 aromatic heterocycles. The van der Waals surface area contributed by atoms with Crippen molar-refractivity contribution >= 4 is 23.1 Å². The van der Waals surface area contributed by atoms with Gasteiger partial charge in [0.25, 0.3) is 0 Å². The van der Waals surface area contributed by atoms with Gasteiger partial charge in [-0.2, -0.15) is 0 Å². The summed E-state index contributed by atoms with van der Waals surface area (Å²) in [6, 6.07) is 24.5. The number of nitrogens with zero attached hydrogens (tertiary/aromatic N) is 5. The van der Waals surface area contributed by atoms with Crippen LogP contribution >= 0.6 is 11.6 Å². The lowest BCUT2D eigenvalue weighted by Crippen LogP contribution is -2.45. The zero-order valence-corrected chi connectivity index (χ0v) is 23.9. The number of imidazole rings is 1. The molecule has 1 unspecified atom stereocenters. The van der Waals surface area contributed by atoms with Crippen molar-refractivity contribution in [2.24, 2.45) is 0 Å². The highest BCUT2D eigenvalue weighted by molar-refractivity contribution is 6.30. The highest BCUT2D eigenvalue weighted by Crippen LogP contribution is 2.26. The van der Waals surface area contributed by atoms with Gasteiger partial charge in [-0.25, -0.2) is 0 Å². The number of fused-ring (bicyclic) bond motifs is 1. The average molecular weight is 590 g/mol. The van der Waals surface area contributed by atoms with Gasteiger partial charge in [0, 0.05) is 61.4 Å². The largest absolute Gasteiger partial charge is 0.490 e. The van der Waals surface area contributed by atoms with Crippen molar-refractivity contribution in [2.75, 3.05) is 37.7 Å². The topological polar surface area (TPSA) is 95.1 Å². The zero-order valence-electron chi connectivity index (χ0n) is 23.1. The van der Waals surface area contributed by atoms with Crippen molar-refractivity contribution in [2.45, 2.75) is 32.2 Å². The lowest BCUT2D eigenvalue weighted by molar-refractivity contribution is -0.389. The van der Waals surface area contributed by atoms with Crippen LogP contribution in [0, 0.1) is 10.1 Å². The Morgan fingerprint density at radius 3 is 2.26 bits per heavy atom. The van der Waals surface area contributed by atoms with Crippen LogP contribution in [0.1, 0.15) is 17.5 Å². The first-order valence-electron chi connectivity index (χ1n) is 14.0. The molecule has 42 heavy (non-hydrogen) atoms. The SMILES string of the molecule is O=[N+]([O-])c1cn2c(n1)OC(COc1ccc(N3CCN(Cc4ccc(COc5ccc(Cl)cc5)cc4)CC3)cc1)CC2. The molecule has 0 amide bonds. The predicted octanol–water partition coefficient (Wildman–Crippen LogP) is 5.58. The molecule has 218 valence electrons. The Labute approximate surface area is 249 Å². The Bertz CT molecular complexity index is 1490. The highest BCUT2D eigenvalue weighted by atomic mass is 35.5. The van der Waals surface area contributed by atoms with Crippen molar-refractivity contribution < 1.29 is 19.1 Å². The van der Waals surface area contributed by atoms with Crippen LogP contribution in [0.15, 0.2) is 79.0 Å². The molecule has 3 aromatic carbocycles. The Morgan fingerprint density at radius 1 is 0.881 bits per heavy atom. The maximum Gasteiger partial charge on any atom is 0.414 e. The average Bonchev–Trinajstić information content (AvgIpc) is 3.45. The number of hydrogen-bond donors (Lipinski definition) is 0. The number of piperazine rings is 1. The summed E-state index contributed by atoms with van der Waals surface area (Å²) in [6.07, 6.45) is 1.90. The molecule has 2 aliphatic rings. The van der Waals surface area contributed by atoms with E-state index in [2.05, 4.69) is 51.2 Å². The number of anilines is 1. The van der Waals surface area contributed by atoms with Gasteiger partial charge in [0.2, 0.25) is 0 Å². The van der Waals surface area contributed by atoms with Crippen LogP contribution in [0.4, 0.5) is 11.5 Å². The van der Waals surface area contributed by atoms with E-state index in [1.165, 1.54) is 17.4 Å². The Morgan fingerprint density at radius 2 is 1.55 bits per heavy atom. The minimum atomic E-state index is -0.512. The minimum absolute atomic E-state index is 0.200. The maximum atomic E-state index is 11.0. The van der Waals surface area contributed by atoms with Gasteiger partial charge >= 0.3 is 11.8 Å². The molecule has 1 atom stereocenters. The normalized spacial score (nSPS) is 16.9. The minimum Gasteiger partial charge on any atom is -0.490 e. The lowest BCUT2D eigenvalue weighted by atomic mass is 10.1. The number of halogens is 1. The van der Waals surface area contributed by atoms with Gasteiger partial charge in [0.1, 0.15) is 37.0 Å². The fraction of sp³-hybridized carbons (Fsp3) is 0.323. The van der Waals surface area contributed by atoms with Crippen LogP contribution in [-0.2, 0) is 19.7 Å².